The highest BCUT2D eigenvalue weighted by atomic mass is 32.2. The molecule has 5 nitrogen and oxygen atoms in total. The Balaban J connectivity index is 1.48. The summed E-state index contributed by atoms with van der Waals surface area (Å²) >= 11 is 3.93. The number of thioether (sulfide) groups is 1. The molecule has 0 bridgehead atoms. The molecule has 0 radical (unpaired) electrons. The number of ether oxygens (including phenoxy) is 1. The summed E-state index contributed by atoms with van der Waals surface area (Å²) in [6, 6.07) is 4.37. The van der Waals surface area contributed by atoms with Crippen LogP contribution in [0, 0.1) is 0 Å². The minimum absolute atomic E-state index is 0.296. The Labute approximate surface area is 166 Å². The Hall–Kier alpha value is -0.760. The van der Waals surface area contributed by atoms with Crippen molar-refractivity contribution in [2.75, 3.05) is 58.7 Å². The fourth-order valence-electron chi connectivity index (χ4n) is 3.73. The van der Waals surface area contributed by atoms with Crippen molar-refractivity contribution < 1.29 is 4.74 Å². The van der Waals surface area contributed by atoms with Gasteiger partial charge in [0, 0.05) is 69.2 Å². The van der Waals surface area contributed by atoms with Gasteiger partial charge in [-0.1, -0.05) is 13.0 Å². The maximum Gasteiger partial charge on any atom is 0.193 e. The fraction of sp³-hybridized carbons (Fsp3) is 0.737. The van der Waals surface area contributed by atoms with Crippen molar-refractivity contribution in [1.82, 2.24) is 15.1 Å². The third-order valence-electron chi connectivity index (χ3n) is 5.27. The van der Waals surface area contributed by atoms with Crippen LogP contribution in [0.25, 0.3) is 0 Å². The molecule has 2 aliphatic rings. The van der Waals surface area contributed by atoms with Crippen molar-refractivity contribution in [2.24, 2.45) is 4.99 Å². The molecule has 0 aliphatic carbocycles. The largest absolute Gasteiger partial charge is 0.381 e. The zero-order valence-corrected chi connectivity index (χ0v) is 17.7. The molecule has 1 N–H and O–H groups in total. The quantitative estimate of drug-likeness (QED) is 0.591. The highest BCUT2D eigenvalue weighted by Crippen LogP contribution is 2.34. The maximum absolute atomic E-state index is 5.59. The molecule has 2 fully saturated rings. The lowest BCUT2D eigenvalue weighted by Crippen LogP contribution is -2.54. The van der Waals surface area contributed by atoms with Crippen LogP contribution < -0.4 is 5.32 Å². The van der Waals surface area contributed by atoms with E-state index in [9.17, 15) is 0 Å². The first kappa shape index (κ1) is 20.0. The Morgan fingerprint density at radius 1 is 1.31 bits per heavy atom. The van der Waals surface area contributed by atoms with E-state index in [2.05, 4.69) is 56.3 Å². The number of guanidine groups is 1. The third-order valence-corrected chi connectivity index (χ3v) is 7.58. The number of hydrogen-bond donors (Lipinski definition) is 1. The van der Waals surface area contributed by atoms with E-state index in [1.54, 1.807) is 0 Å². The van der Waals surface area contributed by atoms with E-state index in [1.807, 2.05) is 18.4 Å². The Morgan fingerprint density at radius 2 is 2.08 bits per heavy atom. The van der Waals surface area contributed by atoms with E-state index in [-0.39, 0.29) is 0 Å². The fourth-order valence-corrected chi connectivity index (χ4v) is 5.72. The van der Waals surface area contributed by atoms with Crippen molar-refractivity contribution in [3.63, 3.8) is 0 Å². The lowest BCUT2D eigenvalue weighted by molar-refractivity contribution is 0.0779. The van der Waals surface area contributed by atoms with Gasteiger partial charge in [0.15, 0.2) is 5.96 Å². The maximum atomic E-state index is 5.59. The smallest absolute Gasteiger partial charge is 0.193 e. The Morgan fingerprint density at radius 3 is 2.69 bits per heavy atom. The van der Waals surface area contributed by atoms with Crippen LogP contribution in [-0.2, 0) is 11.3 Å². The van der Waals surface area contributed by atoms with Crippen molar-refractivity contribution in [3.8, 4) is 0 Å². The standard InChI is InChI=1S/C19H32N4OS2/c1-3-26-19(6-12-24-13-7-19)16-21-18(20-2)23-10-8-22(9-11-23)15-17-5-4-14-25-17/h4-5,14H,3,6-13,15-16H2,1-2H3,(H,20,21). The van der Waals surface area contributed by atoms with Gasteiger partial charge in [-0.2, -0.15) is 11.8 Å². The zero-order valence-electron chi connectivity index (χ0n) is 16.1. The van der Waals surface area contributed by atoms with Gasteiger partial charge in [0.05, 0.1) is 0 Å². The molecule has 26 heavy (non-hydrogen) atoms. The van der Waals surface area contributed by atoms with Crippen molar-refractivity contribution in [2.45, 2.75) is 31.1 Å². The molecule has 0 spiro atoms. The molecule has 3 heterocycles. The number of nitrogens with zero attached hydrogens (tertiary/aromatic N) is 3. The van der Waals surface area contributed by atoms with Gasteiger partial charge in [0.1, 0.15) is 0 Å². The number of hydrogen-bond acceptors (Lipinski definition) is 5. The van der Waals surface area contributed by atoms with Gasteiger partial charge in [-0.15, -0.1) is 11.3 Å². The van der Waals surface area contributed by atoms with E-state index in [1.165, 1.54) is 4.88 Å². The molecule has 2 saturated heterocycles. The third kappa shape index (κ3) is 5.38. The monoisotopic (exact) mass is 396 g/mol. The zero-order chi connectivity index (χ0) is 18.2. The molecule has 3 rings (SSSR count). The normalized spacial score (nSPS) is 21.8. The average Bonchev–Trinajstić information content (AvgIpc) is 3.17. The van der Waals surface area contributed by atoms with E-state index >= 15 is 0 Å². The van der Waals surface area contributed by atoms with Crippen molar-refractivity contribution in [3.05, 3.63) is 22.4 Å². The number of rotatable bonds is 6. The summed E-state index contributed by atoms with van der Waals surface area (Å²) in [5.41, 5.74) is 0. The number of aliphatic imine (C=N–C) groups is 1. The summed E-state index contributed by atoms with van der Waals surface area (Å²) in [7, 11) is 1.91. The van der Waals surface area contributed by atoms with E-state index in [0.29, 0.717) is 4.75 Å². The second-order valence-corrected chi connectivity index (χ2v) is 9.74. The van der Waals surface area contributed by atoms with Crippen LogP contribution in [0.1, 0.15) is 24.6 Å². The van der Waals surface area contributed by atoms with E-state index in [0.717, 1.165) is 77.0 Å². The van der Waals surface area contributed by atoms with Crippen LogP contribution in [0.2, 0.25) is 0 Å². The molecule has 7 heteroatoms. The first-order valence-electron chi connectivity index (χ1n) is 9.67. The molecule has 1 aromatic heterocycles. The van der Waals surface area contributed by atoms with Gasteiger partial charge in [0.25, 0.3) is 0 Å². The molecule has 0 amide bonds. The average molecular weight is 397 g/mol. The van der Waals surface area contributed by atoms with Gasteiger partial charge in [-0.3, -0.25) is 9.89 Å². The summed E-state index contributed by atoms with van der Waals surface area (Å²) in [4.78, 5) is 11.0. The minimum atomic E-state index is 0.296. The highest BCUT2D eigenvalue weighted by molar-refractivity contribution is 8.00. The molecule has 2 aliphatic heterocycles. The highest BCUT2D eigenvalue weighted by Gasteiger charge is 2.33. The second kappa shape index (κ2) is 9.97. The summed E-state index contributed by atoms with van der Waals surface area (Å²) in [5.74, 6) is 2.21. The Bertz CT molecular complexity index is 544. The SMILES string of the molecule is CCSC1(CNC(=NC)N2CCN(Cc3cccs3)CC2)CCOCC1. The van der Waals surface area contributed by atoms with E-state index < -0.39 is 0 Å². The van der Waals surface area contributed by atoms with Crippen LogP contribution >= 0.6 is 23.1 Å². The van der Waals surface area contributed by atoms with Gasteiger partial charge < -0.3 is 15.0 Å². The summed E-state index contributed by atoms with van der Waals surface area (Å²) in [5, 5.41) is 5.84. The second-order valence-electron chi connectivity index (χ2n) is 6.97. The van der Waals surface area contributed by atoms with Gasteiger partial charge in [0.2, 0.25) is 0 Å². The van der Waals surface area contributed by atoms with Crippen LogP contribution in [-0.4, -0.2) is 79.2 Å². The van der Waals surface area contributed by atoms with Crippen molar-refractivity contribution >= 4 is 29.1 Å². The summed E-state index contributed by atoms with van der Waals surface area (Å²) in [6.07, 6.45) is 2.26. The lowest BCUT2D eigenvalue weighted by Gasteiger charge is -2.40. The predicted octanol–water partition coefficient (Wildman–Crippen LogP) is 2.74. The molecule has 0 aromatic carbocycles. The molecular weight excluding hydrogens is 364 g/mol. The van der Waals surface area contributed by atoms with Gasteiger partial charge in [-0.25, -0.2) is 0 Å². The van der Waals surface area contributed by atoms with Crippen LogP contribution in [0.4, 0.5) is 0 Å². The first-order valence-corrected chi connectivity index (χ1v) is 11.5. The van der Waals surface area contributed by atoms with E-state index in [4.69, 9.17) is 4.74 Å². The Kier molecular flexibility index (Phi) is 7.66. The molecule has 0 atom stereocenters. The summed E-state index contributed by atoms with van der Waals surface area (Å²) in [6.45, 7) is 10.4. The van der Waals surface area contributed by atoms with Gasteiger partial charge in [-0.05, 0) is 30.0 Å². The number of piperazine rings is 1. The van der Waals surface area contributed by atoms with Crippen molar-refractivity contribution in [1.29, 1.82) is 0 Å². The summed E-state index contributed by atoms with van der Waals surface area (Å²) < 4.78 is 5.88. The molecular formula is C19H32N4OS2. The molecule has 0 unspecified atom stereocenters. The number of thiophene rings is 1. The van der Waals surface area contributed by atoms with Gasteiger partial charge >= 0.3 is 0 Å². The topological polar surface area (TPSA) is 40.1 Å². The number of nitrogens with one attached hydrogen (secondary N) is 1. The molecule has 0 saturated carbocycles. The lowest BCUT2D eigenvalue weighted by atomic mass is 9.99. The van der Waals surface area contributed by atoms with Crippen LogP contribution in [0.3, 0.4) is 0 Å². The van der Waals surface area contributed by atoms with Crippen LogP contribution in [0.15, 0.2) is 22.5 Å². The first-order chi connectivity index (χ1) is 12.7. The van der Waals surface area contributed by atoms with Crippen LogP contribution in [0.5, 0.6) is 0 Å². The predicted molar refractivity (Wildman–Crippen MR) is 113 cm³/mol. The minimum Gasteiger partial charge on any atom is -0.381 e. The molecule has 146 valence electrons. The molecule has 1 aromatic rings.